The summed E-state index contributed by atoms with van der Waals surface area (Å²) >= 11 is 6.01. The van der Waals surface area contributed by atoms with E-state index in [2.05, 4.69) is 19.1 Å². The summed E-state index contributed by atoms with van der Waals surface area (Å²) in [4.78, 5) is 0. The predicted octanol–water partition coefficient (Wildman–Crippen LogP) is 3.11. The number of benzene rings is 1. The fourth-order valence-corrected chi connectivity index (χ4v) is 2.53. The maximum Gasteiger partial charge on any atom is 0.0409 e. The van der Waals surface area contributed by atoms with Gasteiger partial charge in [0.15, 0.2) is 0 Å². The summed E-state index contributed by atoms with van der Waals surface area (Å²) in [5.41, 5.74) is 8.80. The molecule has 0 aromatic heterocycles. The lowest BCUT2D eigenvalue weighted by Crippen LogP contribution is -2.27. The number of nitrogens with two attached hydrogens (primary N) is 1. The third kappa shape index (κ3) is 1.79. The van der Waals surface area contributed by atoms with E-state index < -0.39 is 0 Å². The molecule has 2 rings (SSSR count). The number of rotatable bonds is 1. The average Bonchev–Trinajstić information content (AvgIpc) is 2.16. The van der Waals surface area contributed by atoms with Gasteiger partial charge in [-0.2, -0.15) is 0 Å². The maximum absolute atomic E-state index is 6.01. The van der Waals surface area contributed by atoms with Crippen LogP contribution in [0, 0.1) is 0 Å². The fraction of sp³-hybridized carbons (Fsp3) is 0.500. The third-order valence-corrected chi connectivity index (χ3v) is 3.34. The van der Waals surface area contributed by atoms with E-state index in [-0.39, 0.29) is 6.04 Å². The molecule has 0 heterocycles. The van der Waals surface area contributed by atoms with Crippen LogP contribution >= 0.6 is 11.6 Å². The van der Waals surface area contributed by atoms with Crippen LogP contribution in [0.2, 0.25) is 5.02 Å². The molecule has 0 radical (unpaired) electrons. The minimum absolute atomic E-state index is 0.229. The van der Waals surface area contributed by atoms with Crippen molar-refractivity contribution >= 4 is 11.6 Å². The van der Waals surface area contributed by atoms with Crippen molar-refractivity contribution in [2.24, 2.45) is 5.73 Å². The highest BCUT2D eigenvalue weighted by Gasteiger charge is 2.23. The van der Waals surface area contributed by atoms with Crippen molar-refractivity contribution in [3.05, 3.63) is 34.3 Å². The number of aryl methyl sites for hydroxylation is 1. The van der Waals surface area contributed by atoms with Crippen LogP contribution in [0.5, 0.6) is 0 Å². The molecule has 14 heavy (non-hydrogen) atoms. The second-order valence-corrected chi connectivity index (χ2v) is 4.64. The highest BCUT2D eigenvalue weighted by molar-refractivity contribution is 6.30. The van der Waals surface area contributed by atoms with Crippen molar-refractivity contribution in [2.45, 2.75) is 38.1 Å². The molecule has 1 nitrogen and oxygen atoms in total. The Bertz CT molecular complexity index is 333. The summed E-state index contributed by atoms with van der Waals surface area (Å²) in [6.45, 7) is 2.08. The van der Waals surface area contributed by atoms with Gasteiger partial charge < -0.3 is 5.73 Å². The number of hydrogen-bond acceptors (Lipinski definition) is 1. The zero-order chi connectivity index (χ0) is 10.1. The van der Waals surface area contributed by atoms with E-state index in [1.807, 2.05) is 6.07 Å². The van der Waals surface area contributed by atoms with Gasteiger partial charge in [0, 0.05) is 11.1 Å². The summed E-state index contributed by atoms with van der Waals surface area (Å²) in [6, 6.07) is 6.44. The van der Waals surface area contributed by atoms with Crippen LogP contribution in [0.3, 0.4) is 0 Å². The third-order valence-electron chi connectivity index (χ3n) is 3.10. The van der Waals surface area contributed by atoms with Gasteiger partial charge in [-0.25, -0.2) is 0 Å². The molecule has 76 valence electrons. The van der Waals surface area contributed by atoms with Gasteiger partial charge >= 0.3 is 0 Å². The molecule has 2 heteroatoms. The molecular weight excluding hydrogens is 194 g/mol. The van der Waals surface area contributed by atoms with Crippen molar-refractivity contribution in [1.29, 1.82) is 0 Å². The minimum atomic E-state index is 0.229. The second-order valence-electron chi connectivity index (χ2n) is 4.20. The molecule has 2 N–H and O–H groups in total. The van der Waals surface area contributed by atoms with Crippen molar-refractivity contribution in [3.63, 3.8) is 0 Å². The van der Waals surface area contributed by atoms with Crippen molar-refractivity contribution in [2.75, 3.05) is 0 Å². The maximum atomic E-state index is 6.01. The van der Waals surface area contributed by atoms with Crippen molar-refractivity contribution in [3.8, 4) is 0 Å². The molecular formula is C12H16ClN. The van der Waals surface area contributed by atoms with Gasteiger partial charge in [-0.3, -0.25) is 0 Å². The Morgan fingerprint density at radius 1 is 1.50 bits per heavy atom. The molecule has 1 aromatic carbocycles. The van der Waals surface area contributed by atoms with Crippen LogP contribution in [0.1, 0.15) is 36.8 Å². The Balaban J connectivity index is 2.41. The Kier molecular flexibility index (Phi) is 2.80. The van der Waals surface area contributed by atoms with Crippen LogP contribution in [-0.4, -0.2) is 6.04 Å². The van der Waals surface area contributed by atoms with E-state index in [1.165, 1.54) is 30.4 Å². The van der Waals surface area contributed by atoms with Gasteiger partial charge in [0.25, 0.3) is 0 Å². The standard InChI is InChI=1S/C12H16ClN/c1-8(14)11-4-2-3-9-5-6-10(13)7-12(9)11/h5-8,11H,2-4,14H2,1H3. The molecule has 0 bridgehead atoms. The topological polar surface area (TPSA) is 26.0 Å². The first kappa shape index (κ1) is 10.0. The highest BCUT2D eigenvalue weighted by atomic mass is 35.5. The zero-order valence-electron chi connectivity index (χ0n) is 8.46. The van der Waals surface area contributed by atoms with Crippen LogP contribution in [0.15, 0.2) is 18.2 Å². The first-order chi connectivity index (χ1) is 6.68. The van der Waals surface area contributed by atoms with Crippen LogP contribution < -0.4 is 5.73 Å². The summed E-state index contributed by atoms with van der Waals surface area (Å²) in [5, 5.41) is 0.830. The Morgan fingerprint density at radius 2 is 2.29 bits per heavy atom. The molecule has 2 atom stereocenters. The summed E-state index contributed by atoms with van der Waals surface area (Å²) in [5.74, 6) is 0.498. The SMILES string of the molecule is CC(N)C1CCCc2ccc(Cl)cc21. The van der Waals surface area contributed by atoms with E-state index in [1.54, 1.807) is 0 Å². The van der Waals surface area contributed by atoms with E-state index in [0.29, 0.717) is 5.92 Å². The molecule has 0 aliphatic heterocycles. The number of fused-ring (bicyclic) bond motifs is 1. The fourth-order valence-electron chi connectivity index (χ4n) is 2.35. The molecule has 0 saturated heterocycles. The smallest absolute Gasteiger partial charge is 0.0409 e. The van der Waals surface area contributed by atoms with E-state index in [9.17, 15) is 0 Å². The number of halogens is 1. The van der Waals surface area contributed by atoms with Crippen molar-refractivity contribution < 1.29 is 0 Å². The largest absolute Gasteiger partial charge is 0.327 e. The van der Waals surface area contributed by atoms with Gasteiger partial charge in [-0.1, -0.05) is 17.7 Å². The van der Waals surface area contributed by atoms with Gasteiger partial charge in [0.05, 0.1) is 0 Å². The quantitative estimate of drug-likeness (QED) is 0.756. The monoisotopic (exact) mass is 209 g/mol. The molecule has 1 aliphatic carbocycles. The molecule has 0 saturated carbocycles. The van der Waals surface area contributed by atoms with Crippen LogP contribution in [0.25, 0.3) is 0 Å². The lowest BCUT2D eigenvalue weighted by Gasteiger charge is -2.28. The molecule has 1 aliphatic rings. The van der Waals surface area contributed by atoms with E-state index in [4.69, 9.17) is 17.3 Å². The van der Waals surface area contributed by atoms with Gasteiger partial charge in [-0.15, -0.1) is 0 Å². The van der Waals surface area contributed by atoms with E-state index >= 15 is 0 Å². The molecule has 0 fully saturated rings. The Morgan fingerprint density at radius 3 is 3.00 bits per heavy atom. The number of hydrogen-bond donors (Lipinski definition) is 1. The molecule has 2 unspecified atom stereocenters. The molecule has 1 aromatic rings. The first-order valence-electron chi connectivity index (χ1n) is 5.22. The molecule has 0 amide bonds. The van der Waals surface area contributed by atoms with Gasteiger partial charge in [0.2, 0.25) is 0 Å². The summed E-state index contributed by atoms with van der Waals surface area (Å²) in [7, 11) is 0. The minimum Gasteiger partial charge on any atom is -0.327 e. The normalized spacial score (nSPS) is 22.9. The zero-order valence-corrected chi connectivity index (χ0v) is 9.22. The highest BCUT2D eigenvalue weighted by Crippen LogP contribution is 2.34. The average molecular weight is 210 g/mol. The molecule has 0 spiro atoms. The van der Waals surface area contributed by atoms with E-state index in [0.717, 1.165) is 5.02 Å². The van der Waals surface area contributed by atoms with Gasteiger partial charge in [0.1, 0.15) is 0 Å². The first-order valence-corrected chi connectivity index (χ1v) is 5.60. The summed E-state index contributed by atoms with van der Waals surface area (Å²) < 4.78 is 0. The van der Waals surface area contributed by atoms with Gasteiger partial charge in [-0.05, 0) is 55.4 Å². The lowest BCUT2D eigenvalue weighted by atomic mass is 9.79. The van der Waals surface area contributed by atoms with Crippen molar-refractivity contribution in [1.82, 2.24) is 0 Å². The second kappa shape index (κ2) is 3.92. The predicted molar refractivity (Wildman–Crippen MR) is 60.8 cm³/mol. The Labute approximate surface area is 90.3 Å². The van der Waals surface area contributed by atoms with Crippen LogP contribution in [0.4, 0.5) is 0 Å². The van der Waals surface area contributed by atoms with Crippen LogP contribution in [-0.2, 0) is 6.42 Å². The Hall–Kier alpha value is -0.530. The summed E-state index contributed by atoms with van der Waals surface area (Å²) in [6.07, 6.45) is 3.63. The lowest BCUT2D eigenvalue weighted by molar-refractivity contribution is 0.485.